The molecule has 1 unspecified atom stereocenters. The molecule has 1 fully saturated rings. The molecule has 3 aromatic heterocycles. The number of fused-ring (bicyclic) bond motifs is 1. The number of nitrogens with zero attached hydrogens (tertiary/aromatic N) is 6. The topological polar surface area (TPSA) is 85.5 Å². The van der Waals surface area contributed by atoms with Crippen molar-refractivity contribution in [2.75, 3.05) is 18.4 Å². The Bertz CT molecular complexity index is 783. The van der Waals surface area contributed by atoms with Crippen LogP contribution in [0.4, 0.5) is 11.6 Å². The van der Waals surface area contributed by atoms with E-state index in [4.69, 9.17) is 0 Å². The summed E-state index contributed by atoms with van der Waals surface area (Å²) in [6, 6.07) is 0. The van der Waals surface area contributed by atoms with Crippen LogP contribution in [0, 0.1) is 5.92 Å². The third-order valence-electron chi connectivity index (χ3n) is 3.93. The molecule has 0 bridgehead atoms. The van der Waals surface area contributed by atoms with E-state index in [1.165, 1.54) is 6.42 Å². The first-order valence-electron chi connectivity index (χ1n) is 7.43. The van der Waals surface area contributed by atoms with Gasteiger partial charge >= 0.3 is 0 Å². The quantitative estimate of drug-likeness (QED) is 0.745. The van der Waals surface area contributed by atoms with Gasteiger partial charge in [0.05, 0.1) is 23.5 Å². The summed E-state index contributed by atoms with van der Waals surface area (Å²) in [6.07, 6.45) is 8.44. The Balaban J connectivity index is 1.60. The Hall–Kier alpha value is -2.48. The molecule has 114 valence electrons. The van der Waals surface area contributed by atoms with Crippen molar-refractivity contribution in [3.63, 3.8) is 0 Å². The average molecular weight is 298 g/mol. The molecule has 0 saturated carbocycles. The van der Waals surface area contributed by atoms with Crippen LogP contribution in [0.15, 0.2) is 24.8 Å². The molecule has 22 heavy (non-hydrogen) atoms. The van der Waals surface area contributed by atoms with Crippen molar-refractivity contribution in [2.45, 2.75) is 13.0 Å². The molecule has 1 atom stereocenters. The number of anilines is 2. The van der Waals surface area contributed by atoms with E-state index in [-0.39, 0.29) is 0 Å². The monoisotopic (exact) mass is 298 g/mol. The fourth-order valence-corrected chi connectivity index (χ4v) is 2.79. The zero-order valence-electron chi connectivity index (χ0n) is 12.4. The van der Waals surface area contributed by atoms with Crippen molar-refractivity contribution in [3.05, 3.63) is 24.8 Å². The van der Waals surface area contributed by atoms with Crippen molar-refractivity contribution in [1.29, 1.82) is 0 Å². The van der Waals surface area contributed by atoms with Crippen LogP contribution < -0.4 is 10.6 Å². The third-order valence-corrected chi connectivity index (χ3v) is 3.93. The van der Waals surface area contributed by atoms with Gasteiger partial charge in [0.25, 0.3) is 0 Å². The second-order valence-electron chi connectivity index (χ2n) is 5.69. The molecule has 4 heterocycles. The van der Waals surface area contributed by atoms with Gasteiger partial charge in [-0.2, -0.15) is 15.2 Å². The number of rotatable bonds is 4. The van der Waals surface area contributed by atoms with Gasteiger partial charge in [0, 0.05) is 26.0 Å². The van der Waals surface area contributed by atoms with Crippen LogP contribution in [0.2, 0.25) is 0 Å². The smallest absolute Gasteiger partial charge is 0.229 e. The minimum Gasteiger partial charge on any atom is -0.321 e. The lowest BCUT2D eigenvalue weighted by molar-refractivity contribution is 0.457. The molecule has 0 amide bonds. The molecular weight excluding hydrogens is 280 g/mol. The highest BCUT2D eigenvalue weighted by Gasteiger charge is 2.17. The summed E-state index contributed by atoms with van der Waals surface area (Å²) >= 11 is 0. The minimum atomic E-state index is 0.562. The molecule has 0 spiro atoms. The van der Waals surface area contributed by atoms with Gasteiger partial charge in [-0.15, -0.1) is 0 Å². The zero-order valence-corrected chi connectivity index (χ0v) is 12.4. The SMILES string of the molecule is Cn1cc(Nc2ncc3cnn(CC4CCNC4)c3n2)cn1. The maximum atomic E-state index is 4.60. The second kappa shape index (κ2) is 5.38. The van der Waals surface area contributed by atoms with Crippen LogP contribution in [0.25, 0.3) is 11.0 Å². The predicted molar refractivity (Wildman–Crippen MR) is 82.8 cm³/mol. The number of aryl methyl sites for hydroxylation is 1. The van der Waals surface area contributed by atoms with Gasteiger partial charge < -0.3 is 10.6 Å². The van der Waals surface area contributed by atoms with Crippen LogP contribution >= 0.6 is 0 Å². The zero-order chi connectivity index (χ0) is 14.9. The van der Waals surface area contributed by atoms with Crippen molar-refractivity contribution in [1.82, 2.24) is 34.8 Å². The molecule has 8 heteroatoms. The van der Waals surface area contributed by atoms with Crippen molar-refractivity contribution in [2.24, 2.45) is 13.0 Å². The highest BCUT2D eigenvalue weighted by atomic mass is 15.3. The first kappa shape index (κ1) is 13.2. The van der Waals surface area contributed by atoms with E-state index in [9.17, 15) is 0 Å². The summed E-state index contributed by atoms with van der Waals surface area (Å²) in [5, 5.41) is 16.1. The van der Waals surface area contributed by atoms with E-state index in [0.29, 0.717) is 11.9 Å². The van der Waals surface area contributed by atoms with Crippen LogP contribution in [0.5, 0.6) is 0 Å². The molecule has 0 aliphatic carbocycles. The van der Waals surface area contributed by atoms with E-state index in [1.54, 1.807) is 17.1 Å². The van der Waals surface area contributed by atoms with E-state index < -0.39 is 0 Å². The summed E-state index contributed by atoms with van der Waals surface area (Å²) in [5.41, 5.74) is 1.74. The maximum Gasteiger partial charge on any atom is 0.229 e. The average Bonchev–Trinajstić information content (AvgIpc) is 3.23. The van der Waals surface area contributed by atoms with E-state index in [2.05, 4.69) is 30.8 Å². The summed E-state index contributed by atoms with van der Waals surface area (Å²) in [7, 11) is 1.87. The Morgan fingerprint density at radius 2 is 2.27 bits per heavy atom. The van der Waals surface area contributed by atoms with Crippen LogP contribution in [-0.2, 0) is 13.6 Å². The first-order valence-corrected chi connectivity index (χ1v) is 7.43. The fourth-order valence-electron chi connectivity index (χ4n) is 2.79. The molecule has 2 N–H and O–H groups in total. The molecule has 1 aliphatic heterocycles. The van der Waals surface area contributed by atoms with E-state index >= 15 is 0 Å². The van der Waals surface area contributed by atoms with Crippen LogP contribution in [0.1, 0.15) is 6.42 Å². The Morgan fingerprint density at radius 3 is 3.05 bits per heavy atom. The lowest BCUT2D eigenvalue weighted by atomic mass is 10.1. The molecular formula is C14H18N8. The molecule has 3 aromatic rings. The summed E-state index contributed by atoms with van der Waals surface area (Å²) in [5.74, 6) is 1.18. The summed E-state index contributed by atoms with van der Waals surface area (Å²) in [4.78, 5) is 8.93. The normalized spacial score (nSPS) is 18.1. The van der Waals surface area contributed by atoms with Crippen LogP contribution in [-0.4, -0.2) is 42.6 Å². The van der Waals surface area contributed by atoms with Gasteiger partial charge in [0.2, 0.25) is 5.95 Å². The fraction of sp³-hybridized carbons (Fsp3) is 0.429. The molecule has 0 radical (unpaired) electrons. The standard InChI is InChI=1S/C14H18N8/c1-21-9-12(7-17-21)19-14-16-5-11-6-18-22(13(11)20-14)8-10-2-3-15-4-10/h5-7,9-10,15H,2-4,8H2,1H3,(H,16,19,20). The Labute approximate surface area is 127 Å². The Morgan fingerprint density at radius 1 is 1.32 bits per heavy atom. The Kier molecular flexibility index (Phi) is 3.23. The summed E-state index contributed by atoms with van der Waals surface area (Å²) in [6.45, 7) is 3.03. The third kappa shape index (κ3) is 2.52. The van der Waals surface area contributed by atoms with Gasteiger partial charge in [-0.05, 0) is 25.4 Å². The van der Waals surface area contributed by atoms with E-state index in [1.807, 2.05) is 24.1 Å². The second-order valence-corrected chi connectivity index (χ2v) is 5.69. The highest BCUT2D eigenvalue weighted by molar-refractivity contribution is 5.75. The molecule has 1 saturated heterocycles. The van der Waals surface area contributed by atoms with E-state index in [0.717, 1.165) is 36.4 Å². The van der Waals surface area contributed by atoms with Gasteiger partial charge in [-0.25, -0.2) is 9.67 Å². The van der Waals surface area contributed by atoms with Gasteiger partial charge in [0.1, 0.15) is 0 Å². The number of aromatic nitrogens is 6. The highest BCUT2D eigenvalue weighted by Crippen LogP contribution is 2.18. The summed E-state index contributed by atoms with van der Waals surface area (Å²) < 4.78 is 3.71. The number of nitrogens with one attached hydrogen (secondary N) is 2. The van der Waals surface area contributed by atoms with Gasteiger partial charge in [-0.1, -0.05) is 0 Å². The number of hydrogen-bond acceptors (Lipinski definition) is 6. The van der Waals surface area contributed by atoms with Gasteiger partial charge in [-0.3, -0.25) is 4.68 Å². The van der Waals surface area contributed by atoms with Gasteiger partial charge in [0.15, 0.2) is 5.65 Å². The molecule has 0 aromatic carbocycles. The molecule has 1 aliphatic rings. The van der Waals surface area contributed by atoms with Crippen molar-refractivity contribution < 1.29 is 0 Å². The lowest BCUT2D eigenvalue weighted by Gasteiger charge is -2.09. The lowest BCUT2D eigenvalue weighted by Crippen LogP contribution is -2.15. The molecule has 8 nitrogen and oxygen atoms in total. The maximum absolute atomic E-state index is 4.60. The minimum absolute atomic E-state index is 0.562. The molecule has 4 rings (SSSR count). The van der Waals surface area contributed by atoms with Crippen molar-refractivity contribution >= 4 is 22.7 Å². The number of hydrogen-bond donors (Lipinski definition) is 2. The van der Waals surface area contributed by atoms with Crippen LogP contribution in [0.3, 0.4) is 0 Å². The van der Waals surface area contributed by atoms with Crippen molar-refractivity contribution in [3.8, 4) is 0 Å². The first-order chi connectivity index (χ1) is 10.8. The largest absolute Gasteiger partial charge is 0.321 e. The predicted octanol–water partition coefficient (Wildman–Crippen LogP) is 0.913.